The highest BCUT2D eigenvalue weighted by Gasteiger charge is 2.29. The molecule has 12 rings (SSSR count). The Kier molecular flexibility index (Phi) is 15.7. The first kappa shape index (κ1) is 59.1. The van der Waals surface area contributed by atoms with Gasteiger partial charge in [0.25, 0.3) is 0 Å². The summed E-state index contributed by atoms with van der Waals surface area (Å²) in [5, 5.41) is 34.0. The van der Waals surface area contributed by atoms with Gasteiger partial charge < -0.3 is 19.3 Å². The highest BCUT2D eigenvalue weighted by molar-refractivity contribution is 7.47. The van der Waals surface area contributed by atoms with Crippen LogP contribution in [0.2, 0.25) is 0 Å². The standard InChI is InChI=1S/C80H77NO4P2/c1-77(2,3)57-37-29-49(30-38-57)65-45-53-21-13-17-25-61(53)69(73(65)82)71-63-27-19-15-23-55(63)47-67(51-33-41-59(42-34-51)79(7,8)9)75(71)84-86-81-87-85-76-68(52-35-43-60(44-36-52)80(10,11)12)48-56-24-16-20-28-64(56)72(76)70-62-26-18-14-22-54(62)46-66(74(70)83)50-31-39-58(40-32-50)78(4,5)6/h13-48,81-83,86-87H,1-12H3. The Morgan fingerprint density at radius 1 is 0.287 bits per heavy atom. The lowest BCUT2D eigenvalue weighted by molar-refractivity contribution is 0.479. The number of hydrogen-bond acceptors (Lipinski definition) is 5. The molecule has 0 heterocycles. The van der Waals surface area contributed by atoms with E-state index in [2.05, 4.69) is 294 Å². The molecular formula is C80H77NO4P2. The van der Waals surface area contributed by atoms with Crippen LogP contribution >= 0.6 is 17.9 Å². The Labute approximate surface area is 517 Å². The van der Waals surface area contributed by atoms with Crippen molar-refractivity contribution in [2.75, 3.05) is 0 Å². The van der Waals surface area contributed by atoms with Gasteiger partial charge in [-0.15, -0.1) is 0 Å². The number of rotatable bonds is 12. The van der Waals surface area contributed by atoms with Crippen molar-refractivity contribution in [2.45, 2.75) is 105 Å². The van der Waals surface area contributed by atoms with Gasteiger partial charge in [-0.1, -0.05) is 277 Å². The molecule has 0 radical (unpaired) electrons. The summed E-state index contributed by atoms with van der Waals surface area (Å²) in [4.78, 5) is 3.65. The normalized spacial score (nSPS) is 12.6. The summed E-state index contributed by atoms with van der Waals surface area (Å²) >= 11 is 0. The molecule has 12 aromatic carbocycles. The van der Waals surface area contributed by atoms with E-state index >= 15 is 0 Å². The second-order valence-corrected chi connectivity index (χ2v) is 29.1. The molecule has 87 heavy (non-hydrogen) atoms. The maximum atomic E-state index is 13.1. The Morgan fingerprint density at radius 3 is 0.782 bits per heavy atom. The Hall–Kier alpha value is -8.30. The minimum absolute atomic E-state index is 0.0335. The highest BCUT2D eigenvalue weighted by Crippen LogP contribution is 2.56. The van der Waals surface area contributed by atoms with Crippen LogP contribution in [0.1, 0.15) is 105 Å². The van der Waals surface area contributed by atoms with Gasteiger partial charge in [0.1, 0.15) is 23.0 Å². The van der Waals surface area contributed by atoms with Gasteiger partial charge >= 0.3 is 0 Å². The van der Waals surface area contributed by atoms with E-state index in [9.17, 15) is 10.2 Å². The third-order valence-corrected chi connectivity index (χ3v) is 18.6. The number of fused-ring (bicyclic) bond motifs is 4. The summed E-state index contributed by atoms with van der Waals surface area (Å²) in [5.41, 5.74) is 14.9. The van der Waals surface area contributed by atoms with Crippen LogP contribution in [0.4, 0.5) is 0 Å². The molecule has 0 amide bonds. The zero-order chi connectivity index (χ0) is 61.2. The molecule has 7 heteroatoms. The largest absolute Gasteiger partial charge is 0.507 e. The molecule has 2 atom stereocenters. The van der Waals surface area contributed by atoms with Crippen LogP contribution in [-0.2, 0) is 21.7 Å². The molecule has 12 aromatic rings. The van der Waals surface area contributed by atoms with E-state index in [1.165, 1.54) is 22.3 Å². The van der Waals surface area contributed by atoms with E-state index in [1.807, 2.05) is 12.1 Å². The highest BCUT2D eigenvalue weighted by atomic mass is 31.2. The molecule has 0 fully saturated rings. The summed E-state index contributed by atoms with van der Waals surface area (Å²) < 4.78 is 14.7. The van der Waals surface area contributed by atoms with Crippen molar-refractivity contribution >= 4 is 61.0 Å². The van der Waals surface area contributed by atoms with Crippen LogP contribution in [0.15, 0.2) is 218 Å². The summed E-state index contributed by atoms with van der Waals surface area (Å²) in [6.45, 7) is 26.7. The van der Waals surface area contributed by atoms with Crippen molar-refractivity contribution in [3.63, 3.8) is 0 Å². The average Bonchev–Trinajstić information content (AvgIpc) is 0.909. The SMILES string of the molecule is CC(C)(C)c1ccc(-c2cc3ccccc3c(-c3c(OPNPOc4c(-c5ccc(C(C)(C)C)cc5)cc5ccccc5c4-c4c(O)c(-c5ccc(C(C)(C)C)cc5)cc5ccccc45)c(-c4ccc(C(C)(C)C)cc4)cc4ccccc34)c2O)cc1. The molecule has 436 valence electrons. The second kappa shape index (κ2) is 23.1. The summed E-state index contributed by atoms with van der Waals surface area (Å²) in [5.74, 6) is 1.65. The van der Waals surface area contributed by atoms with Crippen LogP contribution in [-0.4, -0.2) is 10.2 Å². The fourth-order valence-corrected chi connectivity index (χ4v) is 13.4. The van der Waals surface area contributed by atoms with E-state index in [1.54, 1.807) is 0 Å². The Bertz CT molecular complexity index is 4270. The van der Waals surface area contributed by atoms with Crippen molar-refractivity contribution in [3.8, 4) is 89.8 Å². The first-order valence-corrected chi connectivity index (χ1v) is 32.0. The smallest absolute Gasteiger partial charge is 0.152 e. The topological polar surface area (TPSA) is 71.0 Å². The minimum Gasteiger partial charge on any atom is -0.507 e. The lowest BCUT2D eigenvalue weighted by Gasteiger charge is -2.24. The molecular weight excluding hydrogens is 1100 g/mol. The quantitative estimate of drug-likeness (QED) is 0.0840. The van der Waals surface area contributed by atoms with Gasteiger partial charge in [0.15, 0.2) is 17.9 Å². The molecule has 0 aliphatic heterocycles. The second-order valence-electron chi connectivity index (χ2n) is 27.3. The number of phenolic OH excluding ortho intramolecular Hbond substituents is 2. The molecule has 0 bridgehead atoms. The zero-order valence-corrected chi connectivity index (χ0v) is 54.0. The number of hydrogen-bond donors (Lipinski definition) is 3. The first-order valence-electron chi connectivity index (χ1n) is 30.2. The predicted molar refractivity (Wildman–Crippen MR) is 375 cm³/mol. The monoisotopic (exact) mass is 1180 g/mol. The fourth-order valence-electron chi connectivity index (χ4n) is 12.2. The van der Waals surface area contributed by atoms with E-state index in [4.69, 9.17) is 9.05 Å². The van der Waals surface area contributed by atoms with Gasteiger partial charge in [-0.2, -0.15) is 0 Å². The van der Waals surface area contributed by atoms with Gasteiger partial charge in [0.05, 0.1) is 0 Å². The number of aromatic hydroxyl groups is 2. The van der Waals surface area contributed by atoms with Crippen LogP contribution < -0.4 is 13.9 Å². The lowest BCUT2D eigenvalue weighted by atomic mass is 9.84. The predicted octanol–water partition coefficient (Wildman–Crippen LogP) is 23.0. The summed E-state index contributed by atoms with van der Waals surface area (Å²) in [7, 11) is -0.596. The van der Waals surface area contributed by atoms with Crippen molar-refractivity contribution in [1.82, 2.24) is 4.86 Å². The number of benzene rings is 12. The molecule has 2 unspecified atom stereocenters. The van der Waals surface area contributed by atoms with Crippen LogP contribution in [0.3, 0.4) is 0 Å². The molecule has 0 saturated heterocycles. The first-order chi connectivity index (χ1) is 41.5. The van der Waals surface area contributed by atoms with E-state index in [0.717, 1.165) is 98.7 Å². The van der Waals surface area contributed by atoms with Gasteiger partial charge in [-0.05, 0) is 134 Å². The lowest BCUT2D eigenvalue weighted by Crippen LogP contribution is -2.10. The molecule has 5 nitrogen and oxygen atoms in total. The number of phenols is 2. The maximum absolute atomic E-state index is 13.1. The Morgan fingerprint density at radius 2 is 0.517 bits per heavy atom. The summed E-state index contributed by atoms with van der Waals surface area (Å²) in [6.07, 6.45) is 0. The molecule has 0 aliphatic rings. The minimum atomic E-state index is -0.298. The van der Waals surface area contributed by atoms with Gasteiger partial charge in [-0.25, -0.2) is 4.86 Å². The van der Waals surface area contributed by atoms with Crippen molar-refractivity contribution in [2.24, 2.45) is 0 Å². The average molecular weight is 1180 g/mol. The third kappa shape index (κ3) is 11.6. The van der Waals surface area contributed by atoms with Gasteiger partial charge in [0.2, 0.25) is 0 Å². The van der Waals surface area contributed by atoms with Crippen molar-refractivity contribution < 1.29 is 19.3 Å². The van der Waals surface area contributed by atoms with Gasteiger partial charge in [-0.3, -0.25) is 0 Å². The van der Waals surface area contributed by atoms with E-state index in [-0.39, 0.29) is 51.1 Å². The molecule has 0 spiro atoms. The van der Waals surface area contributed by atoms with E-state index < -0.39 is 0 Å². The van der Waals surface area contributed by atoms with Crippen molar-refractivity contribution in [1.29, 1.82) is 0 Å². The number of nitrogens with one attached hydrogen (secondary N) is 1. The fraction of sp³-hybridized carbons (Fsp3) is 0.200. The zero-order valence-electron chi connectivity index (χ0n) is 52.0. The molecule has 0 aromatic heterocycles. The van der Waals surface area contributed by atoms with Crippen LogP contribution in [0.25, 0.3) is 110 Å². The molecule has 0 saturated carbocycles. The summed E-state index contributed by atoms with van der Waals surface area (Å²) in [6, 6.07) is 77.0. The van der Waals surface area contributed by atoms with E-state index in [0.29, 0.717) is 22.6 Å². The molecule has 0 aliphatic carbocycles. The third-order valence-electron chi connectivity index (χ3n) is 17.2. The maximum Gasteiger partial charge on any atom is 0.152 e. The van der Waals surface area contributed by atoms with Crippen LogP contribution in [0.5, 0.6) is 23.0 Å². The van der Waals surface area contributed by atoms with Crippen LogP contribution in [0, 0.1) is 0 Å². The van der Waals surface area contributed by atoms with Crippen molar-refractivity contribution in [3.05, 3.63) is 241 Å². The molecule has 3 N–H and O–H groups in total. The van der Waals surface area contributed by atoms with Gasteiger partial charge in [0, 0.05) is 44.5 Å². The Balaban J connectivity index is 1.01.